The maximum Gasteiger partial charge on any atom is 0.292 e. The lowest BCUT2D eigenvalue weighted by Gasteiger charge is -2.22. The standard InChI is InChI=1S/C17H20N4O3/c22-21(23)17-4-3-13(12-1-2-12)9-16(17)19-14-10-18-20(11-14)15-5-7-24-8-6-15/h3-4,9-12,15,19H,1-2,5-8H2. The van der Waals surface area contributed by atoms with Gasteiger partial charge in [0.1, 0.15) is 5.69 Å². The van der Waals surface area contributed by atoms with Gasteiger partial charge in [-0.25, -0.2) is 0 Å². The SMILES string of the molecule is O=[N+]([O-])c1ccc(C2CC2)cc1Nc1cnn(C2CCOCC2)c1. The van der Waals surface area contributed by atoms with Crippen molar-refractivity contribution in [2.24, 2.45) is 0 Å². The summed E-state index contributed by atoms with van der Waals surface area (Å²) in [6.07, 6.45) is 7.86. The molecule has 2 aromatic rings. The lowest BCUT2D eigenvalue weighted by Crippen LogP contribution is -2.19. The van der Waals surface area contributed by atoms with Crippen molar-refractivity contribution in [3.63, 3.8) is 0 Å². The first-order chi connectivity index (χ1) is 11.7. The molecule has 1 aliphatic heterocycles. The van der Waals surface area contributed by atoms with E-state index in [-0.39, 0.29) is 10.6 Å². The van der Waals surface area contributed by atoms with Crippen molar-refractivity contribution < 1.29 is 9.66 Å². The first kappa shape index (κ1) is 15.1. The third kappa shape index (κ3) is 3.12. The highest BCUT2D eigenvalue weighted by atomic mass is 16.6. The maximum atomic E-state index is 11.3. The van der Waals surface area contributed by atoms with Gasteiger partial charge in [0.25, 0.3) is 5.69 Å². The van der Waals surface area contributed by atoms with Gasteiger partial charge in [-0.05, 0) is 43.2 Å². The second kappa shape index (κ2) is 6.24. The molecule has 0 amide bonds. The van der Waals surface area contributed by atoms with Crippen LogP contribution in [-0.2, 0) is 4.74 Å². The highest BCUT2D eigenvalue weighted by Crippen LogP contribution is 2.42. The molecule has 0 radical (unpaired) electrons. The molecule has 1 aromatic carbocycles. The van der Waals surface area contributed by atoms with Crippen LogP contribution in [-0.4, -0.2) is 27.9 Å². The lowest BCUT2D eigenvalue weighted by atomic mass is 10.1. The van der Waals surface area contributed by atoms with Gasteiger partial charge in [-0.2, -0.15) is 5.10 Å². The number of nitrogens with one attached hydrogen (secondary N) is 1. The summed E-state index contributed by atoms with van der Waals surface area (Å²) < 4.78 is 7.31. The molecule has 1 aromatic heterocycles. The third-order valence-electron chi connectivity index (χ3n) is 4.71. The lowest BCUT2D eigenvalue weighted by molar-refractivity contribution is -0.383. The summed E-state index contributed by atoms with van der Waals surface area (Å²) >= 11 is 0. The van der Waals surface area contributed by atoms with Crippen molar-refractivity contribution in [3.8, 4) is 0 Å². The van der Waals surface area contributed by atoms with Gasteiger partial charge in [0.2, 0.25) is 0 Å². The topological polar surface area (TPSA) is 82.2 Å². The molecule has 4 rings (SSSR count). The average molecular weight is 328 g/mol. The molecule has 1 N–H and O–H groups in total. The van der Waals surface area contributed by atoms with Gasteiger partial charge in [-0.3, -0.25) is 14.8 Å². The average Bonchev–Trinajstić information content (AvgIpc) is 3.35. The predicted octanol–water partition coefficient (Wildman–Crippen LogP) is 3.76. The molecular formula is C17H20N4O3. The Morgan fingerprint density at radius 1 is 1.25 bits per heavy atom. The fourth-order valence-corrected chi connectivity index (χ4v) is 3.19. The van der Waals surface area contributed by atoms with Crippen LogP contribution in [0.1, 0.15) is 43.2 Å². The van der Waals surface area contributed by atoms with Crippen molar-refractivity contribution >= 4 is 17.1 Å². The number of nitro groups is 1. The largest absolute Gasteiger partial charge is 0.381 e. The normalized spacial score (nSPS) is 18.5. The first-order valence-electron chi connectivity index (χ1n) is 8.38. The number of benzene rings is 1. The summed E-state index contributed by atoms with van der Waals surface area (Å²) in [7, 11) is 0. The van der Waals surface area contributed by atoms with Gasteiger partial charge < -0.3 is 10.1 Å². The van der Waals surface area contributed by atoms with Crippen LogP contribution in [0.3, 0.4) is 0 Å². The van der Waals surface area contributed by atoms with E-state index in [4.69, 9.17) is 4.74 Å². The van der Waals surface area contributed by atoms with Gasteiger partial charge in [0.05, 0.1) is 22.8 Å². The fourth-order valence-electron chi connectivity index (χ4n) is 3.19. The number of hydrogen-bond donors (Lipinski definition) is 1. The van der Waals surface area contributed by atoms with Crippen molar-refractivity contribution in [1.82, 2.24) is 9.78 Å². The van der Waals surface area contributed by atoms with Gasteiger partial charge in [0, 0.05) is 25.5 Å². The van der Waals surface area contributed by atoms with Crippen molar-refractivity contribution in [2.75, 3.05) is 18.5 Å². The number of nitro benzene ring substituents is 1. The molecule has 2 fully saturated rings. The maximum absolute atomic E-state index is 11.3. The van der Waals surface area contributed by atoms with E-state index in [9.17, 15) is 10.1 Å². The van der Waals surface area contributed by atoms with Gasteiger partial charge in [0.15, 0.2) is 0 Å². The molecule has 0 atom stereocenters. The predicted molar refractivity (Wildman–Crippen MR) is 89.7 cm³/mol. The fraction of sp³-hybridized carbons (Fsp3) is 0.471. The minimum absolute atomic E-state index is 0.0956. The Balaban J connectivity index is 1.56. The Bertz CT molecular complexity index is 748. The van der Waals surface area contributed by atoms with Crippen molar-refractivity contribution in [1.29, 1.82) is 0 Å². The molecule has 2 aliphatic rings. The zero-order valence-electron chi connectivity index (χ0n) is 13.4. The van der Waals surface area contributed by atoms with Crippen LogP contribution in [0.15, 0.2) is 30.6 Å². The van der Waals surface area contributed by atoms with Crippen LogP contribution in [0.4, 0.5) is 17.1 Å². The molecule has 0 spiro atoms. The van der Waals surface area contributed by atoms with E-state index in [0.717, 1.165) is 31.7 Å². The number of hydrogen-bond acceptors (Lipinski definition) is 5. The van der Waals surface area contributed by atoms with Crippen molar-refractivity contribution in [3.05, 3.63) is 46.3 Å². The second-order valence-electron chi connectivity index (χ2n) is 6.49. The molecule has 1 aliphatic carbocycles. The zero-order valence-corrected chi connectivity index (χ0v) is 13.4. The Hall–Kier alpha value is -2.41. The summed E-state index contributed by atoms with van der Waals surface area (Å²) in [5, 5.41) is 18.9. The van der Waals surface area contributed by atoms with Crippen LogP contribution >= 0.6 is 0 Å². The highest BCUT2D eigenvalue weighted by Gasteiger charge is 2.26. The molecule has 1 saturated carbocycles. The number of anilines is 2. The summed E-state index contributed by atoms with van der Waals surface area (Å²) in [5.41, 5.74) is 2.58. The number of ether oxygens (including phenoxy) is 1. The summed E-state index contributed by atoms with van der Waals surface area (Å²) in [6, 6.07) is 5.70. The summed E-state index contributed by atoms with van der Waals surface area (Å²) in [6.45, 7) is 1.50. The number of aromatic nitrogens is 2. The second-order valence-corrected chi connectivity index (χ2v) is 6.49. The molecule has 126 valence electrons. The summed E-state index contributed by atoms with van der Waals surface area (Å²) in [5.74, 6) is 0.552. The van der Waals surface area contributed by atoms with E-state index < -0.39 is 0 Å². The minimum Gasteiger partial charge on any atom is -0.381 e. The van der Waals surface area contributed by atoms with Crippen LogP contribution in [0, 0.1) is 10.1 Å². The van der Waals surface area contributed by atoms with Crippen LogP contribution < -0.4 is 5.32 Å². The zero-order chi connectivity index (χ0) is 16.5. The molecule has 7 nitrogen and oxygen atoms in total. The van der Waals surface area contributed by atoms with E-state index in [1.54, 1.807) is 12.3 Å². The van der Waals surface area contributed by atoms with Crippen LogP contribution in [0.25, 0.3) is 0 Å². The van der Waals surface area contributed by atoms with E-state index in [2.05, 4.69) is 10.4 Å². The first-order valence-corrected chi connectivity index (χ1v) is 8.38. The Labute approximate surface area is 139 Å². The van der Waals surface area contributed by atoms with Crippen LogP contribution in [0.2, 0.25) is 0 Å². The Morgan fingerprint density at radius 3 is 2.75 bits per heavy atom. The quantitative estimate of drug-likeness (QED) is 0.667. The smallest absolute Gasteiger partial charge is 0.292 e. The number of nitrogens with zero attached hydrogens (tertiary/aromatic N) is 3. The molecule has 0 bridgehead atoms. The molecule has 24 heavy (non-hydrogen) atoms. The molecule has 0 unspecified atom stereocenters. The van der Waals surface area contributed by atoms with Gasteiger partial charge in [-0.1, -0.05) is 6.07 Å². The molecule has 2 heterocycles. The molecule has 7 heteroatoms. The highest BCUT2D eigenvalue weighted by molar-refractivity contribution is 5.70. The Kier molecular flexibility index (Phi) is 3.93. The van der Waals surface area contributed by atoms with E-state index in [1.165, 1.54) is 18.4 Å². The van der Waals surface area contributed by atoms with E-state index >= 15 is 0 Å². The monoisotopic (exact) mass is 328 g/mol. The molecular weight excluding hydrogens is 308 g/mol. The molecule has 1 saturated heterocycles. The van der Waals surface area contributed by atoms with Crippen molar-refractivity contribution in [2.45, 2.75) is 37.6 Å². The third-order valence-corrected chi connectivity index (χ3v) is 4.71. The summed E-state index contributed by atoms with van der Waals surface area (Å²) in [4.78, 5) is 10.9. The Morgan fingerprint density at radius 2 is 2.04 bits per heavy atom. The van der Waals surface area contributed by atoms with Gasteiger partial charge >= 0.3 is 0 Å². The number of rotatable bonds is 5. The van der Waals surface area contributed by atoms with E-state index in [0.29, 0.717) is 17.6 Å². The van der Waals surface area contributed by atoms with Crippen LogP contribution in [0.5, 0.6) is 0 Å². The van der Waals surface area contributed by atoms with E-state index in [1.807, 2.05) is 23.0 Å². The van der Waals surface area contributed by atoms with Gasteiger partial charge in [-0.15, -0.1) is 0 Å². The minimum atomic E-state index is -0.345.